The summed E-state index contributed by atoms with van der Waals surface area (Å²) in [7, 11) is 1.55. The molecule has 108 valence electrons. The third kappa shape index (κ3) is 2.61. The molecule has 0 saturated carbocycles. The van der Waals surface area contributed by atoms with Gasteiger partial charge in [-0.25, -0.2) is 4.79 Å². The van der Waals surface area contributed by atoms with Gasteiger partial charge in [-0.15, -0.1) is 11.3 Å². The molecule has 2 aromatic rings. The van der Waals surface area contributed by atoms with Crippen LogP contribution >= 0.6 is 27.3 Å². The number of carboxylic acids is 1. The van der Waals surface area contributed by atoms with Crippen molar-refractivity contribution in [1.82, 2.24) is 0 Å². The number of halogens is 1. The summed E-state index contributed by atoms with van der Waals surface area (Å²) in [6.45, 7) is 0. The van der Waals surface area contributed by atoms with E-state index in [1.54, 1.807) is 13.2 Å². The van der Waals surface area contributed by atoms with Crippen LogP contribution in [0.3, 0.4) is 0 Å². The minimum Gasteiger partial charge on any atom is -0.477 e. The molecule has 6 heteroatoms. The van der Waals surface area contributed by atoms with Crippen LogP contribution in [0.4, 0.5) is 0 Å². The first kappa shape index (κ1) is 14.3. The maximum Gasteiger partial charge on any atom is 0.345 e. The number of carbonyl (C=O) groups is 1. The maximum atomic E-state index is 11.1. The first-order valence-corrected chi connectivity index (χ1v) is 7.97. The van der Waals surface area contributed by atoms with Crippen molar-refractivity contribution in [2.75, 3.05) is 7.11 Å². The van der Waals surface area contributed by atoms with Gasteiger partial charge in [0.25, 0.3) is 0 Å². The normalized spacial score (nSPS) is 15.2. The van der Waals surface area contributed by atoms with Crippen LogP contribution in [0.1, 0.15) is 27.2 Å². The second kappa shape index (κ2) is 5.61. The van der Waals surface area contributed by atoms with Gasteiger partial charge in [0, 0.05) is 14.9 Å². The molecule has 1 aromatic heterocycles. The highest BCUT2D eigenvalue weighted by atomic mass is 79.9. The van der Waals surface area contributed by atoms with Crippen molar-refractivity contribution in [1.29, 1.82) is 0 Å². The number of hydrogen-bond acceptors (Lipinski definition) is 4. The van der Waals surface area contributed by atoms with E-state index < -0.39 is 5.97 Å². The lowest BCUT2D eigenvalue weighted by atomic mass is 10.1. The van der Waals surface area contributed by atoms with Crippen LogP contribution in [0.2, 0.25) is 0 Å². The Morgan fingerprint density at radius 1 is 1.38 bits per heavy atom. The minimum absolute atomic E-state index is 0.332. The minimum atomic E-state index is -0.900. The zero-order chi connectivity index (χ0) is 15.0. The van der Waals surface area contributed by atoms with Crippen molar-refractivity contribution in [2.24, 2.45) is 5.16 Å². The second-order valence-electron chi connectivity index (χ2n) is 4.69. The van der Waals surface area contributed by atoms with Gasteiger partial charge < -0.3 is 9.94 Å². The fraction of sp³-hybridized carbons (Fsp3) is 0.200. The third-order valence-corrected chi connectivity index (χ3v) is 5.47. The summed E-state index contributed by atoms with van der Waals surface area (Å²) < 4.78 is 0.814. The van der Waals surface area contributed by atoms with Gasteiger partial charge in [0.05, 0.1) is 5.71 Å². The Morgan fingerprint density at radius 2 is 2.19 bits per heavy atom. The smallest absolute Gasteiger partial charge is 0.345 e. The molecule has 0 aliphatic heterocycles. The number of oxime groups is 1. The molecule has 21 heavy (non-hydrogen) atoms. The van der Waals surface area contributed by atoms with Gasteiger partial charge in [-0.1, -0.05) is 17.3 Å². The molecule has 0 unspecified atom stereocenters. The Kier molecular flexibility index (Phi) is 3.82. The van der Waals surface area contributed by atoms with E-state index in [9.17, 15) is 4.79 Å². The molecule has 0 atom stereocenters. The van der Waals surface area contributed by atoms with Crippen molar-refractivity contribution in [3.05, 3.63) is 44.7 Å². The summed E-state index contributed by atoms with van der Waals surface area (Å²) in [6.07, 6.45) is 1.80. The number of nitrogens with zero attached hydrogens (tertiary/aromatic N) is 1. The van der Waals surface area contributed by atoms with E-state index in [4.69, 9.17) is 9.94 Å². The fourth-order valence-corrected chi connectivity index (χ4v) is 4.22. The molecule has 0 amide bonds. The number of thiophene rings is 1. The summed E-state index contributed by atoms with van der Waals surface area (Å²) in [5, 5.41) is 13.1. The first-order valence-electron chi connectivity index (χ1n) is 6.36. The Morgan fingerprint density at radius 3 is 2.86 bits per heavy atom. The summed E-state index contributed by atoms with van der Waals surface area (Å²) in [5.41, 5.74) is 4.33. The van der Waals surface area contributed by atoms with Gasteiger partial charge in [0.15, 0.2) is 0 Å². The van der Waals surface area contributed by atoms with Crippen molar-refractivity contribution in [2.45, 2.75) is 12.8 Å². The van der Waals surface area contributed by atoms with Crippen LogP contribution in [0.15, 0.2) is 33.9 Å². The van der Waals surface area contributed by atoms with Gasteiger partial charge >= 0.3 is 5.97 Å². The maximum absolute atomic E-state index is 11.1. The standard InChI is InChI=1S/C15H12BrNO3S/c1-20-17-12-5-3-8-6-9(2-4-10(8)12)14-11(16)7-13(21-14)15(18)19/h2,4,6-7H,3,5H2,1H3,(H,18,19). The Balaban J connectivity index is 2.02. The fourth-order valence-electron chi connectivity index (χ4n) is 2.49. The van der Waals surface area contributed by atoms with E-state index >= 15 is 0 Å². The molecule has 0 saturated heterocycles. The highest BCUT2D eigenvalue weighted by molar-refractivity contribution is 9.10. The van der Waals surface area contributed by atoms with Crippen LogP contribution in [-0.4, -0.2) is 23.9 Å². The zero-order valence-electron chi connectivity index (χ0n) is 11.2. The average Bonchev–Trinajstić information content (AvgIpc) is 3.03. The number of rotatable bonds is 3. The lowest BCUT2D eigenvalue weighted by molar-refractivity contribution is 0.0702. The third-order valence-electron chi connectivity index (χ3n) is 3.41. The molecule has 1 aliphatic rings. The predicted molar refractivity (Wildman–Crippen MR) is 86.3 cm³/mol. The van der Waals surface area contributed by atoms with Crippen LogP contribution < -0.4 is 0 Å². The van der Waals surface area contributed by atoms with E-state index in [2.05, 4.69) is 27.2 Å². The number of hydrogen-bond donors (Lipinski definition) is 1. The summed E-state index contributed by atoms with van der Waals surface area (Å²) in [4.78, 5) is 17.2. The second-order valence-corrected chi connectivity index (χ2v) is 6.59. The van der Waals surface area contributed by atoms with Gasteiger partial charge in [0.2, 0.25) is 0 Å². The molecule has 3 rings (SSSR count). The van der Waals surface area contributed by atoms with Crippen LogP contribution in [0, 0.1) is 0 Å². The Bertz CT molecular complexity index is 751. The molecule has 0 spiro atoms. The predicted octanol–water partition coefficient (Wildman–Crippen LogP) is 4.17. The van der Waals surface area contributed by atoms with E-state index in [0.717, 1.165) is 39.0 Å². The summed E-state index contributed by atoms with van der Waals surface area (Å²) in [6, 6.07) is 7.78. The average molecular weight is 366 g/mol. The lowest BCUT2D eigenvalue weighted by Gasteiger charge is -2.04. The van der Waals surface area contributed by atoms with Crippen molar-refractivity contribution < 1.29 is 14.7 Å². The van der Waals surface area contributed by atoms with Crippen molar-refractivity contribution >= 4 is 38.9 Å². The first-order chi connectivity index (χ1) is 10.1. The van der Waals surface area contributed by atoms with Crippen LogP contribution in [-0.2, 0) is 11.3 Å². The summed E-state index contributed by atoms with van der Waals surface area (Å²) in [5.74, 6) is -0.900. The Labute approximate surface area is 134 Å². The molecule has 0 fully saturated rings. The number of carboxylic acid groups (broad SMARTS) is 1. The number of aromatic carboxylic acids is 1. The Hall–Kier alpha value is -1.66. The molecular weight excluding hydrogens is 354 g/mol. The lowest BCUT2D eigenvalue weighted by Crippen LogP contribution is -1.94. The zero-order valence-corrected chi connectivity index (χ0v) is 13.6. The highest BCUT2D eigenvalue weighted by Crippen LogP contribution is 2.38. The molecule has 0 radical (unpaired) electrons. The van der Waals surface area contributed by atoms with Crippen LogP contribution in [0.5, 0.6) is 0 Å². The summed E-state index contributed by atoms with van der Waals surface area (Å²) >= 11 is 4.72. The number of aryl methyl sites for hydroxylation is 1. The van der Waals surface area contributed by atoms with Gasteiger partial charge in [-0.3, -0.25) is 0 Å². The van der Waals surface area contributed by atoms with E-state index in [1.165, 1.54) is 16.9 Å². The van der Waals surface area contributed by atoms with E-state index in [-0.39, 0.29) is 0 Å². The number of benzene rings is 1. The van der Waals surface area contributed by atoms with Crippen molar-refractivity contribution in [3.8, 4) is 10.4 Å². The largest absolute Gasteiger partial charge is 0.477 e. The molecule has 4 nitrogen and oxygen atoms in total. The molecule has 1 heterocycles. The monoisotopic (exact) mass is 365 g/mol. The molecular formula is C15H12BrNO3S. The molecule has 0 bridgehead atoms. The van der Waals surface area contributed by atoms with E-state index in [0.29, 0.717) is 4.88 Å². The van der Waals surface area contributed by atoms with Gasteiger partial charge in [-0.2, -0.15) is 0 Å². The van der Waals surface area contributed by atoms with Crippen LogP contribution in [0.25, 0.3) is 10.4 Å². The molecule has 1 aromatic carbocycles. The highest BCUT2D eigenvalue weighted by Gasteiger charge is 2.20. The SMILES string of the molecule is CON=C1CCc2cc(-c3sc(C(=O)O)cc3Br)ccc21. The quantitative estimate of drug-likeness (QED) is 0.830. The topological polar surface area (TPSA) is 58.9 Å². The van der Waals surface area contributed by atoms with Gasteiger partial charge in [-0.05, 0) is 52.0 Å². The van der Waals surface area contributed by atoms with Crippen molar-refractivity contribution in [3.63, 3.8) is 0 Å². The van der Waals surface area contributed by atoms with Gasteiger partial charge in [0.1, 0.15) is 12.0 Å². The molecule has 1 N–H and O–H groups in total. The van der Waals surface area contributed by atoms with E-state index in [1.807, 2.05) is 12.1 Å². The molecule has 1 aliphatic carbocycles. The number of fused-ring (bicyclic) bond motifs is 1.